The second-order valence-electron chi connectivity index (χ2n) is 6.32. The van der Waals surface area contributed by atoms with Crippen molar-refractivity contribution in [1.29, 1.82) is 0 Å². The fourth-order valence-electron chi connectivity index (χ4n) is 3.09. The molecule has 0 bridgehead atoms. The average Bonchev–Trinajstić information content (AvgIpc) is 3.01. The van der Waals surface area contributed by atoms with Gasteiger partial charge in [-0.2, -0.15) is 0 Å². The summed E-state index contributed by atoms with van der Waals surface area (Å²) >= 11 is 1.34. The zero-order valence-electron chi connectivity index (χ0n) is 14.2. The van der Waals surface area contributed by atoms with Crippen LogP contribution in [0.25, 0.3) is 11.1 Å². The fraction of sp³-hybridized carbons (Fsp3) is 0.556. The molecule has 0 unspecified atom stereocenters. The van der Waals surface area contributed by atoms with E-state index in [9.17, 15) is 4.79 Å². The maximum absolute atomic E-state index is 11.9. The number of likely N-dealkylation sites (tertiary alicyclic amines) is 1. The number of carbonyl (C=O) groups excluding carboxylic acids is 1. The number of nitrogens with one attached hydrogen (secondary N) is 1. The van der Waals surface area contributed by atoms with Crippen LogP contribution in [0.2, 0.25) is 0 Å². The lowest BCUT2D eigenvalue weighted by Gasteiger charge is -2.33. The molecule has 1 amide bonds. The van der Waals surface area contributed by atoms with Gasteiger partial charge in [-0.25, -0.2) is 4.98 Å². The molecule has 1 saturated heterocycles. The monoisotopic (exact) mass is 347 g/mol. The van der Waals surface area contributed by atoms with E-state index >= 15 is 0 Å². The van der Waals surface area contributed by atoms with E-state index in [2.05, 4.69) is 22.1 Å². The van der Waals surface area contributed by atoms with Gasteiger partial charge in [0, 0.05) is 19.1 Å². The molecule has 1 aliphatic rings. The smallest absolute Gasteiger partial charge is 0.257 e. The summed E-state index contributed by atoms with van der Waals surface area (Å²) in [5.41, 5.74) is 1.59. The molecule has 0 aliphatic carbocycles. The number of para-hydroxylation sites is 2. The number of thioether (sulfide) groups is 1. The van der Waals surface area contributed by atoms with Crippen molar-refractivity contribution in [3.63, 3.8) is 0 Å². The van der Waals surface area contributed by atoms with Crippen LogP contribution < -0.4 is 5.32 Å². The molecule has 1 N–H and O–H groups in total. The molecule has 0 spiro atoms. The topological polar surface area (TPSA) is 58.4 Å². The molecule has 0 radical (unpaired) electrons. The normalized spacial score (nSPS) is 18.8. The van der Waals surface area contributed by atoms with Gasteiger partial charge in [0.25, 0.3) is 5.22 Å². The van der Waals surface area contributed by atoms with Gasteiger partial charge in [0.1, 0.15) is 5.52 Å². The molecule has 130 valence electrons. The van der Waals surface area contributed by atoms with Crippen molar-refractivity contribution in [2.75, 3.05) is 25.4 Å². The molecule has 2 aromatic rings. The summed E-state index contributed by atoms with van der Waals surface area (Å²) < 4.78 is 5.60. The second kappa shape index (κ2) is 8.53. The van der Waals surface area contributed by atoms with Crippen LogP contribution in [0.3, 0.4) is 0 Å². The van der Waals surface area contributed by atoms with E-state index in [1.165, 1.54) is 37.6 Å². The van der Waals surface area contributed by atoms with Crippen LogP contribution in [0, 0.1) is 0 Å². The van der Waals surface area contributed by atoms with Crippen molar-refractivity contribution < 1.29 is 9.21 Å². The van der Waals surface area contributed by atoms with Crippen molar-refractivity contribution in [3.05, 3.63) is 24.3 Å². The minimum Gasteiger partial charge on any atom is -0.431 e. The van der Waals surface area contributed by atoms with Gasteiger partial charge in [0.2, 0.25) is 5.91 Å². The molecule has 1 aliphatic heterocycles. The summed E-state index contributed by atoms with van der Waals surface area (Å²) in [6.07, 6.45) is 4.95. The van der Waals surface area contributed by atoms with Crippen LogP contribution in [0.5, 0.6) is 0 Å². The first kappa shape index (κ1) is 17.3. The molecule has 1 atom stereocenters. The van der Waals surface area contributed by atoms with Gasteiger partial charge in [-0.1, -0.05) is 30.3 Å². The Morgan fingerprint density at radius 2 is 2.29 bits per heavy atom. The van der Waals surface area contributed by atoms with Crippen LogP contribution in [-0.4, -0.2) is 47.2 Å². The maximum atomic E-state index is 11.9. The molecule has 3 rings (SSSR count). The Hall–Kier alpha value is -1.53. The number of fused-ring (bicyclic) bond motifs is 1. The lowest BCUT2D eigenvalue weighted by atomic mass is 10.0. The molecule has 0 saturated carbocycles. The first-order valence-corrected chi connectivity index (χ1v) is 9.70. The van der Waals surface area contributed by atoms with E-state index in [4.69, 9.17) is 4.42 Å². The first-order valence-electron chi connectivity index (χ1n) is 8.71. The number of carbonyl (C=O) groups is 1. The SMILES string of the molecule is C[C@H]1CCCCN1CCCNC(=O)CSc1nc2ccccc2o1. The summed E-state index contributed by atoms with van der Waals surface area (Å²) in [7, 11) is 0. The molecular weight excluding hydrogens is 322 g/mol. The van der Waals surface area contributed by atoms with E-state index < -0.39 is 0 Å². The fourth-order valence-corrected chi connectivity index (χ4v) is 3.76. The van der Waals surface area contributed by atoms with Crippen LogP contribution >= 0.6 is 11.8 Å². The Balaban J connectivity index is 1.33. The minimum atomic E-state index is 0.0361. The highest BCUT2D eigenvalue weighted by Gasteiger charge is 2.17. The first-order chi connectivity index (χ1) is 11.7. The van der Waals surface area contributed by atoms with Crippen LogP contribution in [-0.2, 0) is 4.79 Å². The summed E-state index contributed by atoms with van der Waals surface area (Å²) in [6.45, 7) is 5.30. The van der Waals surface area contributed by atoms with Crippen molar-refractivity contribution in [1.82, 2.24) is 15.2 Å². The predicted octanol–water partition coefficient (Wildman–Crippen LogP) is 3.30. The molecule has 6 heteroatoms. The van der Waals surface area contributed by atoms with E-state index in [1.807, 2.05) is 24.3 Å². The second-order valence-corrected chi connectivity index (χ2v) is 7.25. The summed E-state index contributed by atoms with van der Waals surface area (Å²) in [5.74, 6) is 0.376. The highest BCUT2D eigenvalue weighted by molar-refractivity contribution is 7.99. The van der Waals surface area contributed by atoms with Crippen molar-refractivity contribution in [2.45, 2.75) is 43.9 Å². The molecule has 1 aromatic heterocycles. The number of hydrogen-bond donors (Lipinski definition) is 1. The largest absolute Gasteiger partial charge is 0.431 e. The van der Waals surface area contributed by atoms with Crippen LogP contribution in [0.4, 0.5) is 0 Å². The Kier molecular flexibility index (Phi) is 6.15. The summed E-state index contributed by atoms with van der Waals surface area (Å²) in [6, 6.07) is 8.32. The van der Waals surface area contributed by atoms with E-state index in [-0.39, 0.29) is 5.91 Å². The minimum absolute atomic E-state index is 0.0361. The number of amides is 1. The molecule has 1 fully saturated rings. The van der Waals surface area contributed by atoms with Gasteiger partial charge >= 0.3 is 0 Å². The number of hydrogen-bond acceptors (Lipinski definition) is 5. The van der Waals surface area contributed by atoms with E-state index in [1.54, 1.807) is 0 Å². The van der Waals surface area contributed by atoms with Gasteiger partial charge in [-0.3, -0.25) is 4.79 Å². The molecule has 1 aromatic carbocycles. The number of nitrogens with zero attached hydrogens (tertiary/aromatic N) is 2. The summed E-state index contributed by atoms with van der Waals surface area (Å²) in [5, 5.41) is 3.53. The van der Waals surface area contributed by atoms with Gasteiger partial charge in [-0.15, -0.1) is 0 Å². The quantitative estimate of drug-likeness (QED) is 0.615. The Bertz CT molecular complexity index is 640. The number of rotatable bonds is 7. The lowest BCUT2D eigenvalue weighted by Crippen LogP contribution is -2.39. The standard InChI is InChI=1S/C18H25N3O2S/c1-14-7-4-5-11-21(14)12-6-10-19-17(22)13-24-18-20-15-8-2-3-9-16(15)23-18/h2-3,8-9,14H,4-7,10-13H2,1H3,(H,19,22)/t14-/m0/s1. The molecular formula is C18H25N3O2S. The Morgan fingerprint density at radius 3 is 3.12 bits per heavy atom. The number of oxazole rings is 1. The third-order valence-corrected chi connectivity index (χ3v) is 5.31. The zero-order valence-corrected chi connectivity index (χ0v) is 15.0. The number of benzene rings is 1. The molecule has 5 nitrogen and oxygen atoms in total. The third-order valence-electron chi connectivity index (χ3n) is 4.49. The van der Waals surface area contributed by atoms with Gasteiger partial charge < -0.3 is 14.6 Å². The number of piperidine rings is 1. The van der Waals surface area contributed by atoms with Crippen LogP contribution in [0.1, 0.15) is 32.6 Å². The highest BCUT2D eigenvalue weighted by Crippen LogP contribution is 2.22. The van der Waals surface area contributed by atoms with Gasteiger partial charge in [-0.05, 0) is 44.9 Å². The molecule has 24 heavy (non-hydrogen) atoms. The van der Waals surface area contributed by atoms with Crippen LogP contribution in [0.15, 0.2) is 33.9 Å². The highest BCUT2D eigenvalue weighted by atomic mass is 32.2. The zero-order chi connectivity index (χ0) is 16.8. The number of aromatic nitrogens is 1. The van der Waals surface area contributed by atoms with Gasteiger partial charge in [0.15, 0.2) is 5.58 Å². The van der Waals surface area contributed by atoms with Crippen molar-refractivity contribution >= 4 is 28.8 Å². The van der Waals surface area contributed by atoms with Crippen molar-refractivity contribution in [2.24, 2.45) is 0 Å². The van der Waals surface area contributed by atoms with Gasteiger partial charge in [0.05, 0.1) is 5.75 Å². The van der Waals surface area contributed by atoms with E-state index in [0.717, 1.165) is 30.6 Å². The maximum Gasteiger partial charge on any atom is 0.257 e. The predicted molar refractivity (Wildman–Crippen MR) is 97.2 cm³/mol. The summed E-state index contributed by atoms with van der Waals surface area (Å²) in [4.78, 5) is 18.8. The third kappa shape index (κ3) is 4.74. The molecule has 2 heterocycles. The average molecular weight is 347 g/mol. The van der Waals surface area contributed by atoms with E-state index in [0.29, 0.717) is 17.0 Å². The Labute approximate surface area is 147 Å². The van der Waals surface area contributed by atoms with Crippen molar-refractivity contribution in [3.8, 4) is 0 Å². The Morgan fingerprint density at radius 1 is 1.42 bits per heavy atom. The lowest BCUT2D eigenvalue weighted by molar-refractivity contribution is -0.118.